The number of rotatable bonds is 4. The van der Waals surface area contributed by atoms with E-state index in [1.165, 1.54) is 6.07 Å². The van der Waals surface area contributed by atoms with Gasteiger partial charge in [-0.2, -0.15) is 0 Å². The van der Waals surface area contributed by atoms with Crippen molar-refractivity contribution < 1.29 is 9.13 Å². The smallest absolute Gasteiger partial charge is 0.124 e. The molecule has 0 bridgehead atoms. The third kappa shape index (κ3) is 3.66. The Labute approximate surface area is 141 Å². The van der Waals surface area contributed by atoms with Crippen molar-refractivity contribution in [2.45, 2.75) is 6.04 Å². The summed E-state index contributed by atoms with van der Waals surface area (Å²) < 4.78 is 19.4. The van der Waals surface area contributed by atoms with E-state index < -0.39 is 0 Å². The fraction of sp³-hybridized carbons (Fsp3) is 0.333. The largest absolute Gasteiger partial charge is 0.496 e. The number of nitrogens with one attached hydrogen (secondary N) is 1. The molecular formula is C18H20ClFN2O. The van der Waals surface area contributed by atoms with Gasteiger partial charge in [0.25, 0.3) is 0 Å². The number of ether oxygens (including phenoxy) is 1. The number of hydrogen-bond acceptors (Lipinski definition) is 3. The van der Waals surface area contributed by atoms with E-state index in [-0.39, 0.29) is 11.9 Å². The lowest BCUT2D eigenvalue weighted by Crippen LogP contribution is -2.45. The summed E-state index contributed by atoms with van der Waals surface area (Å²) in [5.74, 6) is 0.429. The van der Waals surface area contributed by atoms with Crippen molar-refractivity contribution in [3.63, 3.8) is 0 Å². The first-order valence-electron chi connectivity index (χ1n) is 7.72. The summed E-state index contributed by atoms with van der Waals surface area (Å²) in [5, 5.41) is 4.03. The van der Waals surface area contributed by atoms with Gasteiger partial charge in [-0.1, -0.05) is 23.7 Å². The maximum absolute atomic E-state index is 13.9. The van der Waals surface area contributed by atoms with Gasteiger partial charge in [0, 0.05) is 36.8 Å². The molecule has 5 heteroatoms. The third-order valence-electron chi connectivity index (χ3n) is 4.17. The lowest BCUT2D eigenvalue weighted by molar-refractivity contribution is 0.195. The van der Waals surface area contributed by atoms with Gasteiger partial charge in [0.1, 0.15) is 11.6 Å². The van der Waals surface area contributed by atoms with Crippen molar-refractivity contribution >= 4 is 11.6 Å². The molecule has 1 atom stereocenters. The summed E-state index contributed by atoms with van der Waals surface area (Å²) in [6, 6.07) is 12.3. The molecule has 1 unspecified atom stereocenters. The Bertz CT molecular complexity index is 674. The second-order valence-corrected chi connectivity index (χ2v) is 6.07. The molecule has 0 spiro atoms. The van der Waals surface area contributed by atoms with Crippen LogP contribution in [0.4, 0.5) is 4.39 Å². The van der Waals surface area contributed by atoms with E-state index in [0.717, 1.165) is 37.3 Å². The molecule has 1 heterocycles. The number of benzene rings is 2. The van der Waals surface area contributed by atoms with Crippen LogP contribution in [-0.4, -0.2) is 38.2 Å². The van der Waals surface area contributed by atoms with Gasteiger partial charge in [0.2, 0.25) is 0 Å². The SMILES string of the molecule is COc1ccc(F)cc1C(c1cccc(Cl)c1)N1CCNCC1. The molecule has 0 radical (unpaired) electrons. The molecule has 0 aliphatic carbocycles. The number of piperazine rings is 1. The molecule has 1 saturated heterocycles. The standard InChI is InChI=1S/C18H20ClFN2O/c1-23-17-6-5-15(20)12-16(17)18(22-9-7-21-8-10-22)13-3-2-4-14(19)11-13/h2-6,11-12,18,21H,7-10H2,1H3. The Morgan fingerprint density at radius 1 is 1.17 bits per heavy atom. The van der Waals surface area contributed by atoms with Gasteiger partial charge in [-0.3, -0.25) is 4.90 Å². The second-order valence-electron chi connectivity index (χ2n) is 5.63. The molecule has 0 saturated carbocycles. The lowest BCUT2D eigenvalue weighted by Gasteiger charge is -2.36. The van der Waals surface area contributed by atoms with Crippen LogP contribution in [0.15, 0.2) is 42.5 Å². The van der Waals surface area contributed by atoms with Gasteiger partial charge in [0.05, 0.1) is 13.2 Å². The molecule has 0 amide bonds. The summed E-state index contributed by atoms with van der Waals surface area (Å²) in [6.07, 6.45) is 0. The van der Waals surface area contributed by atoms with Crippen LogP contribution in [0.5, 0.6) is 5.75 Å². The van der Waals surface area contributed by atoms with E-state index in [2.05, 4.69) is 10.2 Å². The molecule has 3 rings (SSSR count). The number of nitrogens with zero attached hydrogens (tertiary/aromatic N) is 1. The average Bonchev–Trinajstić information content (AvgIpc) is 2.56. The minimum absolute atomic E-state index is 0.0820. The maximum atomic E-state index is 13.9. The number of halogens is 2. The number of methoxy groups -OCH3 is 1. The van der Waals surface area contributed by atoms with E-state index in [9.17, 15) is 4.39 Å². The van der Waals surface area contributed by atoms with Crippen LogP contribution in [0.3, 0.4) is 0 Å². The minimum atomic E-state index is -0.261. The highest BCUT2D eigenvalue weighted by Crippen LogP contribution is 2.36. The van der Waals surface area contributed by atoms with Crippen molar-refractivity contribution in [1.29, 1.82) is 0 Å². The van der Waals surface area contributed by atoms with Gasteiger partial charge < -0.3 is 10.1 Å². The molecule has 2 aromatic rings. The Balaban J connectivity index is 2.09. The van der Waals surface area contributed by atoms with Crippen molar-refractivity contribution in [2.24, 2.45) is 0 Å². The van der Waals surface area contributed by atoms with Crippen LogP contribution in [-0.2, 0) is 0 Å². The van der Waals surface area contributed by atoms with Gasteiger partial charge >= 0.3 is 0 Å². The lowest BCUT2D eigenvalue weighted by atomic mass is 9.95. The normalized spacial score (nSPS) is 17.0. The van der Waals surface area contributed by atoms with Crippen LogP contribution in [0.25, 0.3) is 0 Å². The highest BCUT2D eigenvalue weighted by molar-refractivity contribution is 6.30. The summed E-state index contributed by atoms with van der Waals surface area (Å²) in [5.41, 5.74) is 1.87. The first-order chi connectivity index (χ1) is 11.2. The monoisotopic (exact) mass is 334 g/mol. The molecule has 23 heavy (non-hydrogen) atoms. The highest BCUT2D eigenvalue weighted by atomic mass is 35.5. The van der Waals surface area contributed by atoms with E-state index in [4.69, 9.17) is 16.3 Å². The van der Waals surface area contributed by atoms with Crippen LogP contribution in [0, 0.1) is 5.82 Å². The average molecular weight is 335 g/mol. The first kappa shape index (κ1) is 16.2. The molecule has 1 N–H and O–H groups in total. The summed E-state index contributed by atoms with van der Waals surface area (Å²) in [4.78, 5) is 2.33. The Morgan fingerprint density at radius 2 is 1.96 bits per heavy atom. The van der Waals surface area contributed by atoms with E-state index in [0.29, 0.717) is 10.8 Å². The zero-order valence-corrected chi connectivity index (χ0v) is 13.8. The fourth-order valence-corrected chi connectivity index (χ4v) is 3.32. The highest BCUT2D eigenvalue weighted by Gasteiger charge is 2.27. The molecule has 3 nitrogen and oxygen atoms in total. The summed E-state index contributed by atoms with van der Waals surface area (Å²) >= 11 is 6.18. The summed E-state index contributed by atoms with van der Waals surface area (Å²) in [7, 11) is 1.61. The van der Waals surface area contributed by atoms with Crippen molar-refractivity contribution in [3.8, 4) is 5.75 Å². The predicted molar refractivity (Wildman–Crippen MR) is 90.7 cm³/mol. The zero-order chi connectivity index (χ0) is 16.2. The van der Waals surface area contributed by atoms with E-state index in [1.807, 2.05) is 24.3 Å². The van der Waals surface area contributed by atoms with Crippen molar-refractivity contribution in [2.75, 3.05) is 33.3 Å². The fourth-order valence-electron chi connectivity index (χ4n) is 3.12. The summed E-state index contributed by atoms with van der Waals surface area (Å²) in [6.45, 7) is 3.59. The molecule has 0 aromatic heterocycles. The number of hydrogen-bond donors (Lipinski definition) is 1. The van der Waals surface area contributed by atoms with Crippen LogP contribution < -0.4 is 10.1 Å². The Hall–Kier alpha value is -1.62. The predicted octanol–water partition coefficient (Wildman–Crippen LogP) is 3.48. The molecule has 2 aromatic carbocycles. The van der Waals surface area contributed by atoms with Gasteiger partial charge in [-0.15, -0.1) is 0 Å². The molecule has 1 aliphatic heterocycles. The molecule has 1 fully saturated rings. The van der Waals surface area contributed by atoms with E-state index in [1.54, 1.807) is 19.2 Å². The maximum Gasteiger partial charge on any atom is 0.124 e. The van der Waals surface area contributed by atoms with Crippen LogP contribution >= 0.6 is 11.6 Å². The van der Waals surface area contributed by atoms with Crippen molar-refractivity contribution in [3.05, 3.63) is 64.4 Å². The van der Waals surface area contributed by atoms with E-state index >= 15 is 0 Å². The van der Waals surface area contributed by atoms with Gasteiger partial charge in [0.15, 0.2) is 0 Å². The van der Waals surface area contributed by atoms with Gasteiger partial charge in [-0.05, 0) is 35.9 Å². The zero-order valence-electron chi connectivity index (χ0n) is 13.1. The van der Waals surface area contributed by atoms with Crippen LogP contribution in [0.1, 0.15) is 17.2 Å². The molecule has 1 aliphatic rings. The minimum Gasteiger partial charge on any atom is -0.496 e. The van der Waals surface area contributed by atoms with Crippen LogP contribution in [0.2, 0.25) is 5.02 Å². The second kappa shape index (κ2) is 7.30. The van der Waals surface area contributed by atoms with Crippen molar-refractivity contribution in [1.82, 2.24) is 10.2 Å². The third-order valence-corrected chi connectivity index (χ3v) is 4.40. The Morgan fingerprint density at radius 3 is 2.65 bits per heavy atom. The molecular weight excluding hydrogens is 315 g/mol. The van der Waals surface area contributed by atoms with Gasteiger partial charge in [-0.25, -0.2) is 4.39 Å². The topological polar surface area (TPSA) is 24.5 Å². The first-order valence-corrected chi connectivity index (χ1v) is 8.10. The quantitative estimate of drug-likeness (QED) is 0.926. The Kier molecular flexibility index (Phi) is 5.16. The molecule has 122 valence electrons.